The van der Waals surface area contributed by atoms with Crippen LogP contribution in [0.2, 0.25) is 0 Å². The van der Waals surface area contributed by atoms with Crippen LogP contribution in [0.1, 0.15) is 38.1 Å². The summed E-state index contributed by atoms with van der Waals surface area (Å²) in [6, 6.07) is 10.2. The maximum atomic E-state index is 5.77. The lowest BCUT2D eigenvalue weighted by Gasteiger charge is -2.29. The zero-order chi connectivity index (χ0) is 15.5. The summed E-state index contributed by atoms with van der Waals surface area (Å²) in [6.07, 6.45) is 1.69. The molecule has 0 fully saturated rings. The second-order valence-electron chi connectivity index (χ2n) is 5.16. The van der Waals surface area contributed by atoms with E-state index < -0.39 is 5.60 Å². The molecule has 4 heteroatoms. The number of H-pyrrole nitrogens is 1. The average Bonchev–Trinajstić information content (AvgIpc) is 2.53. The third-order valence-electron chi connectivity index (χ3n) is 4.18. The van der Waals surface area contributed by atoms with Gasteiger partial charge in [-0.2, -0.15) is 0 Å². The van der Waals surface area contributed by atoms with Crippen LogP contribution in [0.3, 0.4) is 0 Å². The Labute approximate surface area is 131 Å². The Kier molecular flexibility index (Phi) is 4.91. The second-order valence-corrected chi connectivity index (χ2v) is 5.55. The van der Waals surface area contributed by atoms with Crippen molar-refractivity contribution in [2.45, 2.75) is 39.2 Å². The Bertz CT molecular complexity index is 652. The molecule has 2 rings (SSSR count). The third kappa shape index (κ3) is 2.92. The molecule has 0 aliphatic carbocycles. The molecule has 21 heavy (non-hydrogen) atoms. The van der Waals surface area contributed by atoms with E-state index in [1.54, 1.807) is 7.11 Å². The van der Waals surface area contributed by atoms with Crippen LogP contribution in [0.25, 0.3) is 11.3 Å². The SMILES string of the molecule is CCC(CC)(OC)c1nc(=S)c(C)c(-c2ccccc2)[nH]1. The molecular weight excluding hydrogens is 280 g/mol. The highest BCUT2D eigenvalue weighted by molar-refractivity contribution is 7.71. The van der Waals surface area contributed by atoms with Gasteiger partial charge in [0.15, 0.2) is 0 Å². The van der Waals surface area contributed by atoms with Crippen LogP contribution in [-0.4, -0.2) is 17.1 Å². The molecule has 1 heterocycles. The highest BCUT2D eigenvalue weighted by Gasteiger charge is 2.31. The van der Waals surface area contributed by atoms with Gasteiger partial charge in [-0.1, -0.05) is 56.4 Å². The van der Waals surface area contributed by atoms with Crippen molar-refractivity contribution in [2.75, 3.05) is 7.11 Å². The zero-order valence-corrected chi connectivity index (χ0v) is 13.9. The molecule has 3 nitrogen and oxygen atoms in total. The van der Waals surface area contributed by atoms with Gasteiger partial charge < -0.3 is 9.72 Å². The number of nitrogens with zero attached hydrogens (tertiary/aromatic N) is 1. The Balaban J connectivity index is 2.67. The van der Waals surface area contributed by atoms with E-state index in [2.05, 4.69) is 35.9 Å². The summed E-state index contributed by atoms with van der Waals surface area (Å²) in [5, 5.41) is 0. The maximum Gasteiger partial charge on any atom is 0.140 e. The molecule has 0 aliphatic heterocycles. The summed E-state index contributed by atoms with van der Waals surface area (Å²) in [6.45, 7) is 6.21. The van der Waals surface area contributed by atoms with E-state index >= 15 is 0 Å². The van der Waals surface area contributed by atoms with Gasteiger partial charge in [0.2, 0.25) is 0 Å². The number of rotatable bonds is 5. The van der Waals surface area contributed by atoms with Crippen LogP contribution < -0.4 is 0 Å². The van der Waals surface area contributed by atoms with E-state index in [9.17, 15) is 0 Å². The number of methoxy groups -OCH3 is 1. The number of nitrogens with one attached hydrogen (secondary N) is 1. The predicted octanol–water partition coefficient (Wildman–Crippen LogP) is 4.78. The summed E-state index contributed by atoms with van der Waals surface area (Å²) >= 11 is 5.45. The van der Waals surface area contributed by atoms with Gasteiger partial charge in [-0.15, -0.1) is 0 Å². The van der Waals surface area contributed by atoms with E-state index in [1.165, 1.54) is 0 Å². The molecule has 0 radical (unpaired) electrons. The van der Waals surface area contributed by atoms with Gasteiger partial charge >= 0.3 is 0 Å². The van der Waals surface area contributed by atoms with Crippen molar-refractivity contribution >= 4 is 12.2 Å². The quantitative estimate of drug-likeness (QED) is 0.808. The Hall–Kier alpha value is -1.52. The van der Waals surface area contributed by atoms with Crippen molar-refractivity contribution in [3.8, 4) is 11.3 Å². The monoisotopic (exact) mass is 302 g/mol. The minimum atomic E-state index is -0.412. The van der Waals surface area contributed by atoms with Crippen LogP contribution in [-0.2, 0) is 10.3 Å². The molecule has 112 valence electrons. The molecule has 0 aliphatic rings. The minimum Gasteiger partial charge on any atom is -0.370 e. The lowest BCUT2D eigenvalue weighted by molar-refractivity contribution is -0.0291. The van der Waals surface area contributed by atoms with Gasteiger partial charge in [-0.3, -0.25) is 0 Å². The standard InChI is InChI=1S/C17H22N2OS/c1-5-17(6-2,20-4)16-18-14(12(3)15(21)19-16)13-10-8-7-9-11-13/h7-11H,5-6H2,1-4H3,(H,18,19,21). The van der Waals surface area contributed by atoms with E-state index in [0.717, 1.165) is 35.5 Å². The predicted molar refractivity (Wildman–Crippen MR) is 88.9 cm³/mol. The summed E-state index contributed by atoms with van der Waals surface area (Å²) in [7, 11) is 1.73. The first-order chi connectivity index (χ1) is 10.1. The molecule has 1 aromatic heterocycles. The molecular formula is C17H22N2OS. The molecule has 1 aromatic carbocycles. The number of benzene rings is 1. The zero-order valence-electron chi connectivity index (χ0n) is 13.1. The Morgan fingerprint density at radius 3 is 2.33 bits per heavy atom. The van der Waals surface area contributed by atoms with E-state index in [0.29, 0.717) is 4.64 Å². The number of hydrogen-bond acceptors (Lipinski definition) is 3. The molecule has 0 atom stereocenters. The molecule has 0 saturated heterocycles. The van der Waals surface area contributed by atoms with Crippen LogP contribution in [0.5, 0.6) is 0 Å². The first-order valence-corrected chi connectivity index (χ1v) is 7.70. The van der Waals surface area contributed by atoms with Gasteiger partial charge in [0.05, 0.1) is 5.69 Å². The largest absolute Gasteiger partial charge is 0.370 e. The molecule has 2 aromatic rings. The van der Waals surface area contributed by atoms with Gasteiger partial charge in [0.25, 0.3) is 0 Å². The molecule has 0 amide bonds. The maximum absolute atomic E-state index is 5.77. The Morgan fingerprint density at radius 1 is 1.19 bits per heavy atom. The third-order valence-corrected chi connectivity index (χ3v) is 4.58. The van der Waals surface area contributed by atoms with Crippen molar-refractivity contribution in [2.24, 2.45) is 0 Å². The summed E-state index contributed by atoms with van der Waals surface area (Å²) in [5.41, 5.74) is 2.72. The fraction of sp³-hybridized carbons (Fsp3) is 0.412. The number of aromatic amines is 1. The van der Waals surface area contributed by atoms with Crippen LogP contribution >= 0.6 is 12.2 Å². The molecule has 0 unspecified atom stereocenters. The first-order valence-electron chi connectivity index (χ1n) is 7.30. The number of aromatic nitrogens is 2. The van der Waals surface area contributed by atoms with E-state index in [-0.39, 0.29) is 0 Å². The highest BCUT2D eigenvalue weighted by atomic mass is 32.1. The summed E-state index contributed by atoms with van der Waals surface area (Å²) < 4.78 is 6.40. The number of hydrogen-bond donors (Lipinski definition) is 1. The fourth-order valence-corrected chi connectivity index (χ4v) is 2.81. The smallest absolute Gasteiger partial charge is 0.140 e. The lowest BCUT2D eigenvalue weighted by Crippen LogP contribution is -2.30. The fourth-order valence-electron chi connectivity index (χ4n) is 2.61. The minimum absolute atomic E-state index is 0.412. The van der Waals surface area contributed by atoms with Gasteiger partial charge in [0.1, 0.15) is 16.1 Å². The summed E-state index contributed by atoms with van der Waals surface area (Å²) in [5.74, 6) is 0.810. The van der Waals surface area contributed by atoms with Gasteiger partial charge in [-0.05, 0) is 25.3 Å². The molecule has 0 saturated carbocycles. The second kappa shape index (κ2) is 6.50. The van der Waals surface area contributed by atoms with Crippen LogP contribution in [0.4, 0.5) is 0 Å². The van der Waals surface area contributed by atoms with Crippen LogP contribution in [0, 0.1) is 11.6 Å². The van der Waals surface area contributed by atoms with E-state index in [4.69, 9.17) is 17.0 Å². The van der Waals surface area contributed by atoms with Crippen molar-refractivity contribution in [3.63, 3.8) is 0 Å². The highest BCUT2D eigenvalue weighted by Crippen LogP contribution is 2.32. The molecule has 0 spiro atoms. The average molecular weight is 302 g/mol. The van der Waals surface area contributed by atoms with Crippen molar-refractivity contribution in [1.29, 1.82) is 0 Å². The van der Waals surface area contributed by atoms with E-state index in [1.807, 2.05) is 25.1 Å². The topological polar surface area (TPSA) is 37.9 Å². The Morgan fingerprint density at radius 2 is 1.81 bits per heavy atom. The van der Waals surface area contributed by atoms with Gasteiger partial charge in [0, 0.05) is 12.7 Å². The van der Waals surface area contributed by atoms with Crippen molar-refractivity contribution in [3.05, 3.63) is 46.4 Å². The van der Waals surface area contributed by atoms with Gasteiger partial charge in [-0.25, -0.2) is 4.98 Å². The van der Waals surface area contributed by atoms with Crippen LogP contribution in [0.15, 0.2) is 30.3 Å². The number of ether oxygens (including phenoxy) is 1. The van der Waals surface area contributed by atoms with Crippen molar-refractivity contribution < 1.29 is 4.74 Å². The molecule has 1 N–H and O–H groups in total. The van der Waals surface area contributed by atoms with Crippen molar-refractivity contribution in [1.82, 2.24) is 9.97 Å². The summed E-state index contributed by atoms with van der Waals surface area (Å²) in [4.78, 5) is 8.04. The normalized spacial score (nSPS) is 11.6. The first kappa shape index (κ1) is 15.9. The lowest BCUT2D eigenvalue weighted by atomic mass is 9.95. The molecule has 0 bridgehead atoms.